The van der Waals surface area contributed by atoms with E-state index in [0.717, 1.165) is 12.8 Å². The number of nitrogens with two attached hydrogens (primary N) is 1. The summed E-state index contributed by atoms with van der Waals surface area (Å²) in [5.74, 6) is 0. The van der Waals surface area contributed by atoms with Crippen LogP contribution in [-0.2, 0) is 4.84 Å². The Bertz CT molecular complexity index is 164. The molecule has 2 atom stereocenters. The predicted octanol–water partition coefficient (Wildman–Crippen LogP) is -4.78. The number of hydrogen-bond acceptors (Lipinski definition) is 4. The summed E-state index contributed by atoms with van der Waals surface area (Å²) in [4.78, 5) is 4.84. The zero-order chi connectivity index (χ0) is 8.27. The third kappa shape index (κ3) is 2.56. The molecule has 66 valence electrons. The molecule has 11 heavy (non-hydrogen) atoms. The van der Waals surface area contributed by atoms with Crippen molar-refractivity contribution in [3.8, 4) is 0 Å². The van der Waals surface area contributed by atoms with Crippen LogP contribution in [0.5, 0.6) is 0 Å². The van der Waals surface area contributed by atoms with Gasteiger partial charge in [0.25, 0.3) is 0 Å². The first-order valence-electron chi connectivity index (χ1n) is 3.18. The monoisotopic (exact) mass is 273 g/mol. The zero-order valence-electron chi connectivity index (χ0n) is 5.79. The van der Waals surface area contributed by atoms with Crippen LogP contribution in [0.25, 0.3) is 0 Å². The fraction of sp³-hybridized carbons (Fsp3) is 0.600. The summed E-state index contributed by atoms with van der Waals surface area (Å²) >= 11 is -1.44. The molecule has 6 heteroatoms. The summed E-state index contributed by atoms with van der Waals surface area (Å²) in [6.45, 7) is 0. The van der Waals surface area contributed by atoms with Crippen LogP contribution in [-0.4, -0.2) is 9.54 Å². The molecule has 0 aromatic rings. The first-order valence-corrected chi connectivity index (χ1v) is 5.23. The molecule has 0 aromatic heterocycles. The van der Waals surface area contributed by atoms with Crippen molar-refractivity contribution < 1.29 is 33.6 Å². The predicted molar refractivity (Wildman–Crippen MR) is 32.9 cm³/mol. The van der Waals surface area contributed by atoms with Gasteiger partial charge in [0.05, 0.1) is 0 Å². The van der Waals surface area contributed by atoms with E-state index >= 15 is 0 Å². The molecule has 0 spiro atoms. The van der Waals surface area contributed by atoms with Gasteiger partial charge in [-0.15, -0.1) is 0 Å². The number of allylic oxidation sites excluding steroid dienone is 1. The van der Waals surface area contributed by atoms with Gasteiger partial charge in [-0.05, 0) is 0 Å². The van der Waals surface area contributed by atoms with Crippen molar-refractivity contribution in [1.82, 2.24) is 0 Å². The fourth-order valence-corrected chi connectivity index (χ4v) is 1.38. The Hall–Kier alpha value is 0.110. The second kappa shape index (κ2) is 4.21. The van der Waals surface area contributed by atoms with E-state index in [4.69, 9.17) is 14.0 Å². The molecule has 1 rings (SSSR count). The number of nitrogens with one attached hydrogen (secondary N) is 1. The molecular weight excluding hydrogens is 263 g/mol. The van der Waals surface area contributed by atoms with Crippen molar-refractivity contribution in [3.05, 3.63) is 17.0 Å². The Balaban J connectivity index is 2.32. The normalized spacial score (nSPS) is 27.1. The first kappa shape index (κ1) is 9.20. The molecule has 5 nitrogen and oxygen atoms in total. The molecule has 0 saturated heterocycles. The summed E-state index contributed by atoms with van der Waals surface area (Å²) in [6, 6.07) is 0. The van der Waals surface area contributed by atoms with Crippen molar-refractivity contribution >= 4 is 0 Å². The Kier molecular flexibility index (Phi) is 3.52. The van der Waals surface area contributed by atoms with E-state index in [0.29, 0.717) is 5.70 Å². The van der Waals surface area contributed by atoms with Gasteiger partial charge in [-0.2, -0.15) is 0 Å². The number of quaternary nitrogens is 1. The minimum atomic E-state index is -1.44. The Labute approximate surface area is 75.5 Å². The van der Waals surface area contributed by atoms with Crippen LogP contribution in [0, 0.1) is 5.21 Å². The van der Waals surface area contributed by atoms with Gasteiger partial charge >= 0.3 is 75.3 Å². The molecule has 0 saturated carbocycles. The van der Waals surface area contributed by atoms with Crippen molar-refractivity contribution in [2.45, 2.75) is 18.9 Å². The summed E-state index contributed by atoms with van der Waals surface area (Å²) in [5, 5.41) is 10.6. The molecule has 4 N–H and O–H groups in total. The van der Waals surface area contributed by atoms with Gasteiger partial charge in [0.2, 0.25) is 0 Å². The summed E-state index contributed by atoms with van der Waals surface area (Å²) in [6.07, 6.45) is 3.16. The molecule has 0 heterocycles. The van der Waals surface area contributed by atoms with E-state index in [1.807, 2.05) is 6.08 Å². The van der Waals surface area contributed by atoms with Crippen molar-refractivity contribution in [3.63, 3.8) is 0 Å². The van der Waals surface area contributed by atoms with E-state index in [9.17, 15) is 5.21 Å². The topological polar surface area (TPSA) is 83.0 Å². The molecular formula is C5H10IN2O3-. The summed E-state index contributed by atoms with van der Waals surface area (Å²) < 4.78 is 7.95. The number of rotatable bonds is 3. The molecule has 1 unspecified atom stereocenters. The molecule has 0 aromatic carbocycles. The molecule has 0 aliphatic heterocycles. The van der Waals surface area contributed by atoms with E-state index in [2.05, 4.69) is 0 Å². The van der Waals surface area contributed by atoms with Crippen LogP contribution >= 0.6 is 0 Å². The van der Waals surface area contributed by atoms with Gasteiger partial charge in [-0.3, -0.25) is 0 Å². The van der Waals surface area contributed by atoms with Crippen molar-refractivity contribution in [1.29, 1.82) is 0 Å². The molecule has 0 amide bonds. The second-order valence-corrected chi connectivity index (χ2v) is 3.57. The van der Waals surface area contributed by atoms with Gasteiger partial charge in [-0.1, -0.05) is 0 Å². The average Bonchev–Trinajstić information content (AvgIpc) is 2.37. The minimum absolute atomic E-state index is 0.283. The Morgan fingerprint density at radius 3 is 3.09 bits per heavy atom. The zero-order valence-corrected chi connectivity index (χ0v) is 7.95. The van der Waals surface area contributed by atoms with Gasteiger partial charge < -0.3 is 0 Å². The first-order chi connectivity index (χ1) is 5.24. The van der Waals surface area contributed by atoms with Gasteiger partial charge in [0.15, 0.2) is 0 Å². The van der Waals surface area contributed by atoms with Crippen molar-refractivity contribution in [2.24, 2.45) is 5.73 Å². The van der Waals surface area contributed by atoms with E-state index in [1.165, 1.54) is 0 Å². The van der Waals surface area contributed by atoms with E-state index in [1.54, 1.807) is 0 Å². The second-order valence-electron chi connectivity index (χ2n) is 2.21. The maximum absolute atomic E-state index is 10.6. The van der Waals surface area contributed by atoms with Crippen LogP contribution in [0.3, 0.4) is 0 Å². The summed E-state index contributed by atoms with van der Waals surface area (Å²) in [5.41, 5.74) is 6.10. The SMILES string of the molecule is NC1=CCC[C@H]1O[NH+]([O-])[I-]O. The quantitative estimate of drug-likeness (QED) is 0.274. The van der Waals surface area contributed by atoms with E-state index < -0.39 is 25.3 Å². The molecule has 0 radical (unpaired) electrons. The third-order valence-corrected chi connectivity index (χ3v) is 2.13. The molecule has 0 fully saturated rings. The standard InChI is InChI=1S/C5H10IN2O3/c7-4-2-1-3-5(4)11-8(10)6-9/h2,5,8-9H,1,3,7H2/q-1/t5-/m1/s1. The molecule has 0 bridgehead atoms. The van der Waals surface area contributed by atoms with Gasteiger partial charge in [-0.25, -0.2) is 0 Å². The third-order valence-electron chi connectivity index (χ3n) is 1.48. The fourth-order valence-electron chi connectivity index (χ4n) is 0.958. The summed E-state index contributed by atoms with van der Waals surface area (Å²) in [7, 11) is 0. The maximum atomic E-state index is 10.6. The van der Waals surface area contributed by atoms with Gasteiger partial charge in [0.1, 0.15) is 0 Å². The van der Waals surface area contributed by atoms with Crippen LogP contribution in [0.2, 0.25) is 0 Å². The molecule has 1 aliphatic carbocycles. The van der Waals surface area contributed by atoms with Crippen LogP contribution in [0.15, 0.2) is 11.8 Å². The van der Waals surface area contributed by atoms with E-state index in [-0.39, 0.29) is 6.10 Å². The average molecular weight is 273 g/mol. The Morgan fingerprint density at radius 2 is 2.64 bits per heavy atom. The van der Waals surface area contributed by atoms with Crippen LogP contribution in [0.4, 0.5) is 0 Å². The Morgan fingerprint density at radius 1 is 1.91 bits per heavy atom. The number of hydrogen-bond donors (Lipinski definition) is 3. The molecule has 1 aliphatic rings. The van der Waals surface area contributed by atoms with Crippen LogP contribution in [0.1, 0.15) is 12.8 Å². The van der Waals surface area contributed by atoms with Crippen LogP contribution < -0.4 is 31.1 Å². The van der Waals surface area contributed by atoms with Crippen molar-refractivity contribution in [2.75, 3.05) is 0 Å². The number of halogens is 1. The van der Waals surface area contributed by atoms with Gasteiger partial charge in [0, 0.05) is 0 Å².